The fourth-order valence-electron chi connectivity index (χ4n) is 4.13. The summed E-state index contributed by atoms with van der Waals surface area (Å²) in [4.78, 5) is 16.6. The Bertz CT molecular complexity index is 1040. The lowest BCUT2D eigenvalue weighted by Gasteiger charge is -2.35. The quantitative estimate of drug-likeness (QED) is 0.707. The number of amides is 1. The van der Waals surface area contributed by atoms with E-state index in [4.69, 9.17) is 11.6 Å². The van der Waals surface area contributed by atoms with Crippen molar-refractivity contribution in [2.75, 3.05) is 42.9 Å². The minimum Gasteiger partial charge on any atom is -0.353 e. The predicted octanol–water partition coefficient (Wildman–Crippen LogP) is 3.81. The predicted molar refractivity (Wildman–Crippen MR) is 116 cm³/mol. The first-order valence-corrected chi connectivity index (χ1v) is 10.8. The lowest BCUT2D eigenvalue weighted by molar-refractivity contribution is -0.115. The number of fused-ring (bicyclic) bond motifs is 2. The van der Waals surface area contributed by atoms with Crippen molar-refractivity contribution in [2.45, 2.75) is 12.8 Å². The molecule has 0 saturated carbocycles. The van der Waals surface area contributed by atoms with E-state index in [0.717, 1.165) is 66.8 Å². The van der Waals surface area contributed by atoms with Gasteiger partial charge in [0.15, 0.2) is 0 Å². The number of hydrogen-bond donors (Lipinski definition) is 1. The molecular weight excluding hydrogens is 392 g/mol. The van der Waals surface area contributed by atoms with E-state index in [0.29, 0.717) is 6.42 Å². The summed E-state index contributed by atoms with van der Waals surface area (Å²) < 4.78 is 5.93. The molecule has 0 bridgehead atoms. The monoisotopic (exact) mass is 412 g/mol. The molecule has 3 aromatic rings. The van der Waals surface area contributed by atoms with E-state index in [1.165, 1.54) is 10.1 Å². The number of aromatic nitrogens is 1. The topological polar surface area (TPSA) is 48.5 Å². The van der Waals surface area contributed by atoms with Crippen LogP contribution >= 0.6 is 23.1 Å². The Labute approximate surface area is 173 Å². The van der Waals surface area contributed by atoms with Gasteiger partial charge in [-0.25, -0.2) is 0 Å². The summed E-state index contributed by atoms with van der Waals surface area (Å²) in [7, 11) is 0. The summed E-state index contributed by atoms with van der Waals surface area (Å²) in [5, 5.41) is 4.98. The molecule has 2 aliphatic rings. The van der Waals surface area contributed by atoms with Gasteiger partial charge in [0, 0.05) is 48.8 Å². The Morgan fingerprint density at radius 3 is 2.79 bits per heavy atom. The van der Waals surface area contributed by atoms with Crippen LogP contribution in [0.15, 0.2) is 36.4 Å². The maximum Gasteiger partial charge on any atom is 0.228 e. The molecule has 1 N–H and O–H groups in total. The van der Waals surface area contributed by atoms with Crippen molar-refractivity contribution >= 4 is 50.6 Å². The second-order valence-corrected chi connectivity index (χ2v) is 8.58. The molecule has 5 nitrogen and oxygen atoms in total. The third-order valence-electron chi connectivity index (χ3n) is 5.67. The first-order valence-electron chi connectivity index (χ1n) is 9.61. The van der Waals surface area contributed by atoms with Gasteiger partial charge in [-0.05, 0) is 47.3 Å². The first-order chi connectivity index (χ1) is 13.7. The zero-order valence-electron chi connectivity index (χ0n) is 15.4. The summed E-state index contributed by atoms with van der Waals surface area (Å²) in [6, 6.07) is 12.3. The third kappa shape index (κ3) is 3.26. The van der Waals surface area contributed by atoms with E-state index in [9.17, 15) is 4.79 Å². The molecule has 3 heterocycles. The molecule has 0 atom stereocenters. The van der Waals surface area contributed by atoms with Crippen LogP contribution in [0, 0.1) is 0 Å². The number of anilines is 2. The first kappa shape index (κ1) is 17.9. The van der Waals surface area contributed by atoms with Gasteiger partial charge in [-0.2, -0.15) is 4.37 Å². The molecule has 0 radical (unpaired) electrons. The molecule has 2 aromatic carbocycles. The molecule has 28 heavy (non-hydrogen) atoms. The number of nitrogens with zero attached hydrogens (tertiary/aromatic N) is 3. The molecule has 0 unspecified atom stereocenters. The van der Waals surface area contributed by atoms with Crippen molar-refractivity contribution in [1.82, 2.24) is 9.27 Å². The lowest BCUT2D eigenvalue weighted by Crippen LogP contribution is -2.47. The Balaban J connectivity index is 1.23. The highest BCUT2D eigenvalue weighted by Crippen LogP contribution is 2.33. The molecular formula is C21H21ClN4OS. The largest absolute Gasteiger partial charge is 0.353 e. The molecule has 0 spiro atoms. The summed E-state index contributed by atoms with van der Waals surface area (Å²) in [5.74, 6) is 1.18. The number of carbonyl (C=O) groups excluding carboxylic acids is 1. The fraction of sp³-hybridized carbons (Fsp3) is 0.333. The molecule has 144 valence electrons. The average Bonchev–Trinajstić information content (AvgIpc) is 3.31. The Hall–Kier alpha value is -2.15. The van der Waals surface area contributed by atoms with Gasteiger partial charge in [-0.15, -0.1) is 0 Å². The van der Waals surface area contributed by atoms with Gasteiger partial charge in [0.1, 0.15) is 5.82 Å². The van der Waals surface area contributed by atoms with E-state index in [2.05, 4.69) is 43.8 Å². The zero-order chi connectivity index (χ0) is 19.1. The molecule has 1 aromatic heterocycles. The Morgan fingerprint density at radius 2 is 1.93 bits per heavy atom. The molecule has 5 rings (SSSR count). The number of piperazine rings is 1. The van der Waals surface area contributed by atoms with Crippen molar-refractivity contribution in [1.29, 1.82) is 0 Å². The number of nitrogens with one attached hydrogen (secondary N) is 1. The summed E-state index contributed by atoms with van der Waals surface area (Å²) >= 11 is 8.01. The van der Waals surface area contributed by atoms with Crippen LogP contribution in [-0.4, -0.2) is 47.9 Å². The normalized spacial score (nSPS) is 17.2. The van der Waals surface area contributed by atoms with Crippen molar-refractivity contribution in [3.63, 3.8) is 0 Å². The van der Waals surface area contributed by atoms with Crippen molar-refractivity contribution in [2.24, 2.45) is 0 Å². The number of rotatable bonds is 4. The summed E-state index contributed by atoms with van der Waals surface area (Å²) in [6.45, 7) is 4.91. The minimum atomic E-state index is 0.0580. The van der Waals surface area contributed by atoms with Gasteiger partial charge in [0.2, 0.25) is 5.91 Å². The number of halogens is 1. The summed E-state index contributed by atoms with van der Waals surface area (Å²) in [5.41, 5.74) is 3.06. The molecule has 1 fully saturated rings. The zero-order valence-corrected chi connectivity index (χ0v) is 17.0. The van der Waals surface area contributed by atoms with Gasteiger partial charge >= 0.3 is 0 Å². The van der Waals surface area contributed by atoms with Crippen LogP contribution in [0.4, 0.5) is 11.5 Å². The van der Waals surface area contributed by atoms with Gasteiger partial charge in [-0.3, -0.25) is 9.69 Å². The van der Waals surface area contributed by atoms with E-state index in [-0.39, 0.29) is 5.91 Å². The second-order valence-electron chi connectivity index (χ2n) is 7.37. The van der Waals surface area contributed by atoms with Crippen LogP contribution in [-0.2, 0) is 17.6 Å². The van der Waals surface area contributed by atoms with E-state index in [1.54, 1.807) is 11.5 Å². The van der Waals surface area contributed by atoms with E-state index >= 15 is 0 Å². The van der Waals surface area contributed by atoms with Crippen LogP contribution in [0.3, 0.4) is 0 Å². The van der Waals surface area contributed by atoms with E-state index in [1.807, 2.05) is 12.1 Å². The SMILES string of the molecule is O=C1Cc2ccc(Cl)c(CCN3CCN(c4nsc5ccccc45)CC3)c2N1. The second kappa shape index (κ2) is 7.35. The van der Waals surface area contributed by atoms with Gasteiger partial charge in [-0.1, -0.05) is 29.8 Å². The molecule has 2 aliphatic heterocycles. The lowest BCUT2D eigenvalue weighted by atomic mass is 10.0. The number of hydrogen-bond acceptors (Lipinski definition) is 5. The van der Waals surface area contributed by atoms with Gasteiger partial charge in [0.25, 0.3) is 0 Å². The Kier molecular flexibility index (Phi) is 4.70. The summed E-state index contributed by atoms with van der Waals surface area (Å²) in [6.07, 6.45) is 1.31. The fourth-order valence-corrected chi connectivity index (χ4v) is 5.18. The minimum absolute atomic E-state index is 0.0580. The van der Waals surface area contributed by atoms with Crippen molar-refractivity contribution in [3.8, 4) is 0 Å². The molecule has 7 heteroatoms. The van der Waals surface area contributed by atoms with Gasteiger partial charge in [0.05, 0.1) is 11.1 Å². The van der Waals surface area contributed by atoms with Crippen LogP contribution in [0.2, 0.25) is 5.02 Å². The maximum absolute atomic E-state index is 11.7. The van der Waals surface area contributed by atoms with Crippen molar-refractivity contribution < 1.29 is 4.79 Å². The van der Waals surface area contributed by atoms with E-state index < -0.39 is 0 Å². The molecule has 0 aliphatic carbocycles. The average molecular weight is 413 g/mol. The van der Waals surface area contributed by atoms with Gasteiger partial charge < -0.3 is 10.2 Å². The third-order valence-corrected chi connectivity index (χ3v) is 6.84. The molecule has 1 amide bonds. The maximum atomic E-state index is 11.7. The number of carbonyl (C=O) groups is 1. The van der Waals surface area contributed by atoms with Crippen molar-refractivity contribution in [3.05, 3.63) is 52.5 Å². The molecule has 1 saturated heterocycles. The van der Waals surface area contributed by atoms with Crippen LogP contribution in [0.25, 0.3) is 10.1 Å². The van der Waals surface area contributed by atoms with Crippen LogP contribution in [0.5, 0.6) is 0 Å². The Morgan fingerprint density at radius 1 is 1.11 bits per heavy atom. The van der Waals surface area contributed by atoms with Crippen LogP contribution in [0.1, 0.15) is 11.1 Å². The standard InChI is InChI=1S/C21H21ClN4OS/c22-17-6-5-14-13-19(27)23-20(14)15(17)7-8-25-9-11-26(12-10-25)21-16-3-1-2-4-18(16)28-24-21/h1-6H,7-13H2,(H,23,27). The highest BCUT2D eigenvalue weighted by molar-refractivity contribution is 7.13. The highest BCUT2D eigenvalue weighted by atomic mass is 35.5. The van der Waals surface area contributed by atoms with Crippen LogP contribution < -0.4 is 10.2 Å². The number of benzene rings is 2. The highest BCUT2D eigenvalue weighted by Gasteiger charge is 2.24. The smallest absolute Gasteiger partial charge is 0.228 e.